The quantitative estimate of drug-likeness (QED) is 0.797. The summed E-state index contributed by atoms with van der Waals surface area (Å²) in [6.07, 6.45) is 3.62. The normalized spacial score (nSPS) is 11.9. The van der Waals surface area contributed by atoms with E-state index in [1.165, 1.54) is 24.4 Å². The number of halogens is 1. The smallest absolute Gasteiger partial charge is 0.268 e. The molecule has 22 heavy (non-hydrogen) atoms. The molecule has 0 radical (unpaired) electrons. The van der Waals surface area contributed by atoms with Crippen molar-refractivity contribution in [3.05, 3.63) is 60.2 Å². The van der Waals surface area contributed by atoms with Crippen LogP contribution < -0.4 is 5.73 Å². The fourth-order valence-electron chi connectivity index (χ4n) is 2.37. The molecule has 0 amide bonds. The van der Waals surface area contributed by atoms with Crippen LogP contribution in [0, 0.1) is 5.82 Å². The number of fused-ring (bicyclic) bond motifs is 1. The molecule has 3 rings (SSSR count). The Morgan fingerprint density at radius 1 is 1.23 bits per heavy atom. The first-order valence-corrected chi connectivity index (χ1v) is 8.14. The molecule has 2 heterocycles. The van der Waals surface area contributed by atoms with Gasteiger partial charge in [0, 0.05) is 12.4 Å². The third-order valence-corrected chi connectivity index (χ3v) is 5.04. The third kappa shape index (κ3) is 2.38. The minimum absolute atomic E-state index is 0.104. The van der Waals surface area contributed by atoms with Crippen molar-refractivity contribution in [2.45, 2.75) is 11.3 Å². The van der Waals surface area contributed by atoms with Crippen LogP contribution in [0.25, 0.3) is 11.0 Å². The average molecular weight is 319 g/mol. The molecule has 0 atom stereocenters. The Morgan fingerprint density at radius 3 is 2.77 bits per heavy atom. The number of rotatable bonds is 4. The van der Waals surface area contributed by atoms with Gasteiger partial charge in [-0.1, -0.05) is 6.07 Å². The monoisotopic (exact) mass is 319 g/mol. The molecule has 3 aromatic rings. The first-order chi connectivity index (χ1) is 10.5. The molecular formula is C15H14FN3O2S. The highest BCUT2D eigenvalue weighted by Gasteiger charge is 2.21. The summed E-state index contributed by atoms with van der Waals surface area (Å²) in [5, 5.41) is 0. The predicted octanol–water partition coefficient (Wildman–Crippen LogP) is 1.91. The van der Waals surface area contributed by atoms with Gasteiger partial charge in [-0.25, -0.2) is 16.8 Å². The summed E-state index contributed by atoms with van der Waals surface area (Å²) < 4.78 is 40.0. The number of hydrogen-bond donors (Lipinski definition) is 1. The molecule has 0 unspecified atom stereocenters. The van der Waals surface area contributed by atoms with E-state index >= 15 is 0 Å². The maximum Gasteiger partial charge on any atom is 0.268 e. The second-order valence-corrected chi connectivity index (χ2v) is 6.64. The van der Waals surface area contributed by atoms with Gasteiger partial charge in [0.05, 0.1) is 15.9 Å². The van der Waals surface area contributed by atoms with E-state index in [4.69, 9.17) is 5.73 Å². The highest BCUT2D eigenvalue weighted by molar-refractivity contribution is 7.90. The predicted molar refractivity (Wildman–Crippen MR) is 81.5 cm³/mol. The summed E-state index contributed by atoms with van der Waals surface area (Å²) in [6.45, 7) is 0.385. The maximum atomic E-state index is 13.4. The second kappa shape index (κ2) is 5.51. The maximum absolute atomic E-state index is 13.4. The molecule has 1 aromatic carbocycles. The topological polar surface area (TPSA) is 78.0 Å². The lowest BCUT2D eigenvalue weighted by Gasteiger charge is -2.07. The van der Waals surface area contributed by atoms with E-state index in [0.29, 0.717) is 24.0 Å². The van der Waals surface area contributed by atoms with Gasteiger partial charge in [0.15, 0.2) is 0 Å². The average Bonchev–Trinajstić information content (AvgIpc) is 2.88. The van der Waals surface area contributed by atoms with Crippen LogP contribution in [0.1, 0.15) is 5.56 Å². The van der Waals surface area contributed by atoms with Gasteiger partial charge >= 0.3 is 0 Å². The Bertz CT molecular complexity index is 935. The molecule has 7 heteroatoms. The van der Waals surface area contributed by atoms with E-state index in [9.17, 15) is 12.8 Å². The summed E-state index contributed by atoms with van der Waals surface area (Å²) in [6, 6.07) is 8.26. The molecule has 0 spiro atoms. The summed E-state index contributed by atoms with van der Waals surface area (Å²) in [5.74, 6) is -0.599. The van der Waals surface area contributed by atoms with Crippen molar-refractivity contribution < 1.29 is 12.8 Å². The van der Waals surface area contributed by atoms with E-state index in [-0.39, 0.29) is 4.90 Å². The van der Waals surface area contributed by atoms with Crippen LogP contribution in [-0.4, -0.2) is 23.9 Å². The van der Waals surface area contributed by atoms with E-state index in [1.807, 2.05) is 0 Å². The fraction of sp³-hybridized carbons (Fsp3) is 0.133. The minimum atomic E-state index is -3.89. The molecule has 0 bridgehead atoms. The van der Waals surface area contributed by atoms with E-state index in [2.05, 4.69) is 4.98 Å². The standard InChI is InChI=1S/C15H14FN3O2S/c16-12-3-1-4-13(9-12)22(20,21)19-10-11(6-7-17)15-14(19)5-2-8-18-15/h1-5,8-10H,6-7,17H2. The number of benzene rings is 1. The highest BCUT2D eigenvalue weighted by Crippen LogP contribution is 2.24. The highest BCUT2D eigenvalue weighted by atomic mass is 32.2. The van der Waals surface area contributed by atoms with Crippen molar-refractivity contribution in [1.29, 1.82) is 0 Å². The zero-order valence-electron chi connectivity index (χ0n) is 11.6. The van der Waals surface area contributed by atoms with Gasteiger partial charge < -0.3 is 5.73 Å². The first-order valence-electron chi connectivity index (χ1n) is 6.70. The van der Waals surface area contributed by atoms with Gasteiger partial charge in [-0.15, -0.1) is 0 Å². The summed E-state index contributed by atoms with van der Waals surface area (Å²) in [5.41, 5.74) is 7.36. The number of aromatic nitrogens is 2. The molecule has 0 aliphatic carbocycles. The number of nitrogens with zero attached hydrogens (tertiary/aromatic N) is 2. The van der Waals surface area contributed by atoms with Crippen LogP contribution in [0.2, 0.25) is 0 Å². The van der Waals surface area contributed by atoms with E-state index < -0.39 is 15.8 Å². The molecule has 5 nitrogen and oxygen atoms in total. The largest absolute Gasteiger partial charge is 0.330 e. The lowest BCUT2D eigenvalue weighted by molar-refractivity contribution is 0.584. The molecule has 0 aliphatic heterocycles. The van der Waals surface area contributed by atoms with Crippen molar-refractivity contribution in [3.63, 3.8) is 0 Å². The van der Waals surface area contributed by atoms with Crippen molar-refractivity contribution in [2.75, 3.05) is 6.54 Å². The Labute approximate surface area is 127 Å². The lowest BCUT2D eigenvalue weighted by atomic mass is 10.2. The number of pyridine rings is 1. The van der Waals surface area contributed by atoms with Gasteiger partial charge in [0.2, 0.25) is 0 Å². The number of nitrogens with two attached hydrogens (primary N) is 1. The van der Waals surface area contributed by atoms with Crippen molar-refractivity contribution in [3.8, 4) is 0 Å². The Hall–Kier alpha value is -2.25. The SMILES string of the molecule is NCCc1cn(S(=O)(=O)c2cccc(F)c2)c2cccnc12. The molecule has 0 aliphatic rings. The summed E-state index contributed by atoms with van der Waals surface area (Å²) >= 11 is 0. The van der Waals surface area contributed by atoms with Gasteiger partial charge in [-0.2, -0.15) is 0 Å². The Morgan fingerprint density at radius 2 is 2.05 bits per heavy atom. The fourth-order valence-corrected chi connectivity index (χ4v) is 3.78. The van der Waals surface area contributed by atoms with Crippen molar-refractivity contribution >= 4 is 21.1 Å². The van der Waals surface area contributed by atoms with Crippen molar-refractivity contribution in [1.82, 2.24) is 8.96 Å². The third-order valence-electron chi connectivity index (χ3n) is 3.37. The van der Waals surface area contributed by atoms with Crippen LogP contribution >= 0.6 is 0 Å². The molecule has 0 saturated heterocycles. The van der Waals surface area contributed by atoms with Gasteiger partial charge in [-0.05, 0) is 48.9 Å². The molecule has 2 aromatic heterocycles. The van der Waals surface area contributed by atoms with E-state index in [1.54, 1.807) is 18.3 Å². The molecule has 114 valence electrons. The summed E-state index contributed by atoms with van der Waals surface area (Å²) in [4.78, 5) is 4.13. The van der Waals surface area contributed by atoms with Crippen LogP contribution in [0.3, 0.4) is 0 Å². The second-order valence-electron chi connectivity index (χ2n) is 4.82. The molecule has 2 N–H and O–H groups in total. The van der Waals surface area contributed by atoms with Crippen LogP contribution in [-0.2, 0) is 16.4 Å². The lowest BCUT2D eigenvalue weighted by Crippen LogP contribution is -2.12. The minimum Gasteiger partial charge on any atom is -0.330 e. The Balaban J connectivity index is 2.25. The van der Waals surface area contributed by atoms with Crippen LogP contribution in [0.4, 0.5) is 4.39 Å². The van der Waals surface area contributed by atoms with Gasteiger partial charge in [0.1, 0.15) is 5.82 Å². The van der Waals surface area contributed by atoms with Crippen LogP contribution in [0.5, 0.6) is 0 Å². The van der Waals surface area contributed by atoms with Crippen LogP contribution in [0.15, 0.2) is 53.7 Å². The molecule has 0 saturated carbocycles. The zero-order valence-corrected chi connectivity index (χ0v) is 12.4. The zero-order chi connectivity index (χ0) is 15.7. The number of hydrogen-bond acceptors (Lipinski definition) is 4. The van der Waals surface area contributed by atoms with Gasteiger partial charge in [0.25, 0.3) is 10.0 Å². The van der Waals surface area contributed by atoms with E-state index in [0.717, 1.165) is 15.6 Å². The first kappa shape index (κ1) is 14.7. The molecular weight excluding hydrogens is 305 g/mol. The summed E-state index contributed by atoms with van der Waals surface area (Å²) in [7, 11) is -3.89. The molecule has 0 fully saturated rings. The van der Waals surface area contributed by atoms with Crippen molar-refractivity contribution in [2.24, 2.45) is 5.73 Å². The van der Waals surface area contributed by atoms with Gasteiger partial charge in [-0.3, -0.25) is 4.98 Å². The Kier molecular flexibility index (Phi) is 3.67.